The molecule has 0 bridgehead atoms. The van der Waals surface area contributed by atoms with Crippen molar-refractivity contribution >= 4 is 22.5 Å². The monoisotopic (exact) mass is 346 g/mol. The van der Waals surface area contributed by atoms with Crippen molar-refractivity contribution in [2.75, 3.05) is 6.54 Å². The van der Waals surface area contributed by atoms with E-state index in [9.17, 15) is 9.18 Å². The lowest BCUT2D eigenvalue weighted by Crippen LogP contribution is -3.09. The van der Waals surface area contributed by atoms with Gasteiger partial charge in [0.25, 0.3) is 5.56 Å². The van der Waals surface area contributed by atoms with E-state index in [1.165, 1.54) is 6.07 Å². The zero-order chi connectivity index (χ0) is 17.1. The van der Waals surface area contributed by atoms with Crippen molar-refractivity contribution in [1.29, 1.82) is 0 Å². The molecule has 1 atom stereocenters. The molecule has 2 N–H and O–H groups in total. The lowest BCUT2D eigenvalue weighted by molar-refractivity contribution is -0.926. The molecule has 0 fully saturated rings. The Hall–Kier alpha value is -2.24. The molecule has 0 saturated heterocycles. The van der Waals surface area contributed by atoms with E-state index < -0.39 is 0 Å². The van der Waals surface area contributed by atoms with E-state index in [4.69, 9.17) is 11.6 Å². The van der Waals surface area contributed by atoms with Gasteiger partial charge in [-0.1, -0.05) is 29.8 Å². The van der Waals surface area contributed by atoms with E-state index in [-0.39, 0.29) is 11.4 Å². The van der Waals surface area contributed by atoms with Gasteiger partial charge in [-0.3, -0.25) is 4.79 Å². The van der Waals surface area contributed by atoms with Gasteiger partial charge in [-0.2, -0.15) is 0 Å². The molecule has 1 heterocycles. The summed E-state index contributed by atoms with van der Waals surface area (Å²) in [4.78, 5) is 20.5. The molecule has 0 aliphatic carbocycles. The normalized spacial score (nSPS) is 12.5. The van der Waals surface area contributed by atoms with Gasteiger partial charge < -0.3 is 9.88 Å². The van der Waals surface area contributed by atoms with E-state index in [0.717, 1.165) is 11.4 Å². The van der Waals surface area contributed by atoms with Crippen LogP contribution in [-0.4, -0.2) is 16.5 Å². The number of aromatic amines is 1. The minimum Gasteiger partial charge on any atom is -0.325 e. The Kier molecular flexibility index (Phi) is 4.92. The predicted octanol–water partition coefficient (Wildman–Crippen LogP) is 2.32. The van der Waals surface area contributed by atoms with Crippen LogP contribution in [0.25, 0.3) is 10.9 Å². The standard InChI is InChI=1S/C18H17ClFN3O/c1-2-23(10-13-14(19)7-5-8-15(13)20)11-17-21-16-9-4-3-6-12(16)18(24)22-17/h3-9H,2,10-11H2,1H3,(H,21,22,24)/p+1. The number of nitrogens with one attached hydrogen (secondary N) is 2. The summed E-state index contributed by atoms with van der Waals surface area (Å²) in [6.45, 7) is 3.67. The maximum absolute atomic E-state index is 14.0. The van der Waals surface area contributed by atoms with Crippen molar-refractivity contribution in [3.63, 3.8) is 0 Å². The molecule has 0 saturated carbocycles. The minimum absolute atomic E-state index is 0.157. The fourth-order valence-electron chi connectivity index (χ4n) is 2.72. The summed E-state index contributed by atoms with van der Waals surface area (Å²) in [5.74, 6) is 0.274. The fourth-order valence-corrected chi connectivity index (χ4v) is 2.95. The third-order valence-corrected chi connectivity index (χ3v) is 4.42. The van der Waals surface area contributed by atoms with Crippen LogP contribution in [0, 0.1) is 5.82 Å². The van der Waals surface area contributed by atoms with Crippen molar-refractivity contribution in [2.24, 2.45) is 0 Å². The second kappa shape index (κ2) is 7.11. The number of para-hydroxylation sites is 1. The number of nitrogens with zero attached hydrogens (tertiary/aromatic N) is 1. The van der Waals surface area contributed by atoms with E-state index in [2.05, 4.69) is 9.97 Å². The number of rotatable bonds is 5. The van der Waals surface area contributed by atoms with Crippen molar-refractivity contribution in [2.45, 2.75) is 20.0 Å². The van der Waals surface area contributed by atoms with Crippen molar-refractivity contribution in [3.8, 4) is 0 Å². The molecule has 0 aliphatic rings. The molecule has 3 rings (SSSR count). The second-order valence-corrected chi connectivity index (χ2v) is 6.09. The summed E-state index contributed by atoms with van der Waals surface area (Å²) in [6, 6.07) is 11.9. The number of H-pyrrole nitrogens is 1. The highest BCUT2D eigenvalue weighted by Gasteiger charge is 2.16. The first-order chi connectivity index (χ1) is 11.6. The van der Waals surface area contributed by atoms with Crippen LogP contribution in [0.15, 0.2) is 47.3 Å². The first-order valence-corrected chi connectivity index (χ1v) is 8.20. The SMILES string of the molecule is CC[NH+](Cc1nc2ccccc2c(=O)[nH]1)Cc1c(F)cccc1Cl. The Balaban J connectivity index is 1.87. The predicted molar refractivity (Wildman–Crippen MR) is 92.7 cm³/mol. The topological polar surface area (TPSA) is 50.2 Å². The Morgan fingerprint density at radius 3 is 2.71 bits per heavy atom. The molecule has 4 nitrogen and oxygen atoms in total. The zero-order valence-corrected chi connectivity index (χ0v) is 14.0. The van der Waals surface area contributed by atoms with E-state index >= 15 is 0 Å². The maximum atomic E-state index is 14.0. The Morgan fingerprint density at radius 2 is 1.96 bits per heavy atom. The van der Waals surface area contributed by atoms with Crippen LogP contribution in [0.3, 0.4) is 0 Å². The van der Waals surface area contributed by atoms with Crippen LogP contribution in [0.2, 0.25) is 5.02 Å². The molecule has 0 amide bonds. The third kappa shape index (κ3) is 3.47. The lowest BCUT2D eigenvalue weighted by atomic mass is 10.2. The number of quaternary nitrogens is 1. The van der Waals surface area contributed by atoms with E-state index in [0.29, 0.717) is 40.4 Å². The first-order valence-electron chi connectivity index (χ1n) is 7.83. The Labute approximate surface area is 143 Å². The molecule has 3 aromatic rings. The first kappa shape index (κ1) is 16.6. The minimum atomic E-state index is -0.312. The summed E-state index contributed by atoms with van der Waals surface area (Å²) in [5, 5.41) is 0.984. The quantitative estimate of drug-likeness (QED) is 0.745. The van der Waals surface area contributed by atoms with E-state index in [1.54, 1.807) is 18.2 Å². The van der Waals surface area contributed by atoms with Crippen LogP contribution in [-0.2, 0) is 13.1 Å². The number of hydrogen-bond acceptors (Lipinski definition) is 2. The van der Waals surface area contributed by atoms with Crippen LogP contribution in [0.1, 0.15) is 18.3 Å². The highest BCUT2D eigenvalue weighted by molar-refractivity contribution is 6.31. The van der Waals surface area contributed by atoms with Gasteiger partial charge in [-0.15, -0.1) is 0 Å². The van der Waals surface area contributed by atoms with Gasteiger partial charge in [0.15, 0.2) is 5.82 Å². The van der Waals surface area contributed by atoms with Gasteiger partial charge >= 0.3 is 0 Å². The largest absolute Gasteiger partial charge is 0.325 e. The van der Waals surface area contributed by atoms with Crippen LogP contribution < -0.4 is 10.5 Å². The fraction of sp³-hybridized carbons (Fsp3) is 0.222. The average Bonchev–Trinajstić information content (AvgIpc) is 2.57. The molecule has 1 unspecified atom stereocenters. The summed E-state index contributed by atoms with van der Waals surface area (Å²) in [6.07, 6.45) is 0. The summed E-state index contributed by atoms with van der Waals surface area (Å²) >= 11 is 6.11. The number of fused-ring (bicyclic) bond motifs is 1. The second-order valence-electron chi connectivity index (χ2n) is 5.69. The van der Waals surface area contributed by atoms with E-state index in [1.807, 2.05) is 25.1 Å². The van der Waals surface area contributed by atoms with Gasteiger partial charge in [0, 0.05) is 0 Å². The van der Waals surface area contributed by atoms with Gasteiger partial charge in [-0.05, 0) is 31.2 Å². The summed E-state index contributed by atoms with van der Waals surface area (Å²) in [5.41, 5.74) is 0.991. The molecular weight excluding hydrogens is 329 g/mol. The molecule has 2 aromatic carbocycles. The van der Waals surface area contributed by atoms with Crippen molar-refractivity contribution < 1.29 is 9.29 Å². The molecule has 24 heavy (non-hydrogen) atoms. The van der Waals surface area contributed by atoms with Gasteiger partial charge in [0.2, 0.25) is 0 Å². The van der Waals surface area contributed by atoms with Gasteiger partial charge in [-0.25, -0.2) is 9.37 Å². The molecule has 6 heteroatoms. The zero-order valence-electron chi connectivity index (χ0n) is 13.3. The van der Waals surface area contributed by atoms with Crippen LogP contribution in [0.4, 0.5) is 4.39 Å². The highest BCUT2D eigenvalue weighted by Crippen LogP contribution is 2.17. The third-order valence-electron chi connectivity index (χ3n) is 4.07. The number of benzene rings is 2. The summed E-state index contributed by atoms with van der Waals surface area (Å²) < 4.78 is 14.0. The van der Waals surface area contributed by atoms with Crippen LogP contribution in [0.5, 0.6) is 0 Å². The van der Waals surface area contributed by atoms with Gasteiger partial charge in [0.1, 0.15) is 18.9 Å². The Bertz CT molecular complexity index is 905. The van der Waals surface area contributed by atoms with Gasteiger partial charge in [0.05, 0.1) is 28.0 Å². The van der Waals surface area contributed by atoms with Crippen molar-refractivity contribution in [3.05, 3.63) is 75.0 Å². The Morgan fingerprint density at radius 1 is 1.17 bits per heavy atom. The average molecular weight is 347 g/mol. The lowest BCUT2D eigenvalue weighted by Gasteiger charge is -2.18. The number of halogens is 2. The molecule has 0 aliphatic heterocycles. The maximum Gasteiger partial charge on any atom is 0.258 e. The molecule has 0 radical (unpaired) electrons. The van der Waals surface area contributed by atoms with Crippen LogP contribution >= 0.6 is 11.6 Å². The van der Waals surface area contributed by atoms with Crippen molar-refractivity contribution in [1.82, 2.24) is 9.97 Å². The summed E-state index contributed by atoms with van der Waals surface area (Å²) in [7, 11) is 0. The highest BCUT2D eigenvalue weighted by atomic mass is 35.5. The smallest absolute Gasteiger partial charge is 0.258 e. The molecular formula is C18H18ClFN3O+. The number of hydrogen-bond donors (Lipinski definition) is 2. The molecule has 0 spiro atoms. The number of aromatic nitrogens is 2. The molecule has 124 valence electrons. The molecule has 1 aromatic heterocycles.